The van der Waals surface area contributed by atoms with E-state index in [4.69, 9.17) is 11.6 Å². The van der Waals surface area contributed by atoms with Gasteiger partial charge in [-0.3, -0.25) is 9.59 Å². The molecule has 2 aromatic rings. The molecule has 3 rings (SSSR count). The van der Waals surface area contributed by atoms with Crippen LogP contribution in [0.15, 0.2) is 36.4 Å². The van der Waals surface area contributed by atoms with Gasteiger partial charge in [0.2, 0.25) is 5.91 Å². The Kier molecular flexibility index (Phi) is 5.06. The number of anilines is 2. The molecular weight excluding hydrogens is 346 g/mol. The van der Waals surface area contributed by atoms with Crippen molar-refractivity contribution in [2.45, 2.75) is 6.92 Å². The number of amides is 2. The number of rotatable bonds is 3. The van der Waals surface area contributed by atoms with Crippen LogP contribution in [0.5, 0.6) is 0 Å². The van der Waals surface area contributed by atoms with Crippen LogP contribution in [0.1, 0.15) is 16.6 Å². The van der Waals surface area contributed by atoms with Gasteiger partial charge in [0.15, 0.2) is 0 Å². The Bertz CT molecular complexity index is 754. The quantitative estimate of drug-likeness (QED) is 0.910. The number of nitrogens with one attached hydrogen (secondary N) is 1. The fourth-order valence-corrected chi connectivity index (χ4v) is 3.79. The van der Waals surface area contributed by atoms with Gasteiger partial charge in [-0.15, -0.1) is 11.3 Å². The lowest BCUT2D eigenvalue weighted by molar-refractivity contribution is -0.114. The number of hydrogen-bond acceptors (Lipinski definition) is 4. The number of benzene rings is 1. The van der Waals surface area contributed by atoms with E-state index in [2.05, 4.69) is 10.2 Å². The zero-order valence-electron chi connectivity index (χ0n) is 13.3. The van der Waals surface area contributed by atoms with E-state index in [9.17, 15) is 9.59 Å². The first-order valence-corrected chi connectivity index (χ1v) is 8.89. The molecule has 1 aromatic carbocycles. The zero-order valence-corrected chi connectivity index (χ0v) is 14.9. The first-order chi connectivity index (χ1) is 11.5. The molecule has 1 saturated heterocycles. The van der Waals surface area contributed by atoms with E-state index in [1.165, 1.54) is 18.3 Å². The molecule has 1 aromatic heterocycles. The molecule has 24 heavy (non-hydrogen) atoms. The van der Waals surface area contributed by atoms with Gasteiger partial charge < -0.3 is 15.1 Å². The molecule has 0 bridgehead atoms. The Balaban J connectivity index is 1.61. The number of halogens is 1. The summed E-state index contributed by atoms with van der Waals surface area (Å²) in [6.07, 6.45) is 0. The van der Waals surface area contributed by atoms with Gasteiger partial charge >= 0.3 is 0 Å². The van der Waals surface area contributed by atoms with Gasteiger partial charge in [0.25, 0.3) is 5.91 Å². The third-order valence-corrected chi connectivity index (χ3v) is 5.08. The first-order valence-electron chi connectivity index (χ1n) is 7.70. The van der Waals surface area contributed by atoms with Crippen LogP contribution in [-0.2, 0) is 4.79 Å². The SMILES string of the molecule is CC(=O)Nc1ccc(C(=O)N2CCN(c3cccc(Cl)c3)CC2)s1. The normalized spacial score (nSPS) is 14.6. The minimum atomic E-state index is -0.133. The Morgan fingerprint density at radius 1 is 1.12 bits per heavy atom. The molecule has 1 N–H and O–H groups in total. The first kappa shape index (κ1) is 16.8. The maximum absolute atomic E-state index is 12.6. The van der Waals surface area contributed by atoms with E-state index in [0.717, 1.165) is 23.8 Å². The van der Waals surface area contributed by atoms with Gasteiger partial charge in [-0.25, -0.2) is 0 Å². The summed E-state index contributed by atoms with van der Waals surface area (Å²) in [5.41, 5.74) is 1.08. The average Bonchev–Trinajstić information content (AvgIpc) is 3.02. The second kappa shape index (κ2) is 7.23. The molecule has 0 unspecified atom stereocenters. The van der Waals surface area contributed by atoms with Gasteiger partial charge in [-0.2, -0.15) is 0 Å². The van der Waals surface area contributed by atoms with Crippen molar-refractivity contribution in [3.05, 3.63) is 46.3 Å². The number of carbonyl (C=O) groups is 2. The monoisotopic (exact) mass is 363 g/mol. The summed E-state index contributed by atoms with van der Waals surface area (Å²) in [5, 5.41) is 4.12. The molecule has 2 amide bonds. The molecule has 1 aliphatic heterocycles. The molecule has 0 spiro atoms. The van der Waals surface area contributed by atoms with Gasteiger partial charge in [0.1, 0.15) is 0 Å². The largest absolute Gasteiger partial charge is 0.368 e. The molecule has 2 heterocycles. The highest BCUT2D eigenvalue weighted by molar-refractivity contribution is 7.18. The van der Waals surface area contributed by atoms with Crippen LogP contribution in [0, 0.1) is 0 Å². The van der Waals surface area contributed by atoms with Gasteiger partial charge in [-0.05, 0) is 30.3 Å². The highest BCUT2D eigenvalue weighted by Crippen LogP contribution is 2.25. The Hall–Kier alpha value is -2.05. The van der Waals surface area contributed by atoms with Gasteiger partial charge in [-0.1, -0.05) is 17.7 Å². The maximum Gasteiger partial charge on any atom is 0.264 e. The molecule has 1 aliphatic rings. The molecule has 0 aliphatic carbocycles. The average molecular weight is 364 g/mol. The molecule has 7 heteroatoms. The van der Waals surface area contributed by atoms with Crippen LogP contribution in [-0.4, -0.2) is 42.9 Å². The second-order valence-corrected chi connectivity index (χ2v) is 7.12. The third-order valence-electron chi connectivity index (χ3n) is 3.86. The van der Waals surface area contributed by atoms with Crippen molar-refractivity contribution >= 4 is 45.4 Å². The number of nitrogens with zero attached hydrogens (tertiary/aromatic N) is 2. The molecule has 5 nitrogen and oxygen atoms in total. The Morgan fingerprint density at radius 3 is 2.54 bits per heavy atom. The molecule has 126 valence electrons. The van der Waals surface area contributed by atoms with Gasteiger partial charge in [0, 0.05) is 43.8 Å². The van der Waals surface area contributed by atoms with Crippen molar-refractivity contribution in [1.82, 2.24) is 4.90 Å². The molecule has 1 fully saturated rings. The van der Waals surface area contributed by atoms with Crippen molar-refractivity contribution in [1.29, 1.82) is 0 Å². The number of thiophene rings is 1. The van der Waals surface area contributed by atoms with Crippen LogP contribution in [0.2, 0.25) is 5.02 Å². The van der Waals surface area contributed by atoms with Crippen molar-refractivity contribution in [3.63, 3.8) is 0 Å². The van der Waals surface area contributed by atoms with E-state index in [1.807, 2.05) is 29.2 Å². The summed E-state index contributed by atoms with van der Waals surface area (Å²) in [4.78, 5) is 28.4. The van der Waals surface area contributed by atoms with E-state index >= 15 is 0 Å². The lowest BCUT2D eigenvalue weighted by Crippen LogP contribution is -2.48. The van der Waals surface area contributed by atoms with E-state index in [1.54, 1.807) is 12.1 Å². The van der Waals surface area contributed by atoms with E-state index in [0.29, 0.717) is 23.0 Å². The summed E-state index contributed by atoms with van der Waals surface area (Å²) in [6.45, 7) is 4.33. The van der Waals surface area contributed by atoms with Crippen molar-refractivity contribution in [2.75, 3.05) is 36.4 Å². The third kappa shape index (κ3) is 3.88. The van der Waals surface area contributed by atoms with Gasteiger partial charge in [0.05, 0.1) is 9.88 Å². The zero-order chi connectivity index (χ0) is 17.1. The summed E-state index contributed by atoms with van der Waals surface area (Å²) in [5.74, 6) is -0.117. The summed E-state index contributed by atoms with van der Waals surface area (Å²) in [7, 11) is 0. The lowest BCUT2D eigenvalue weighted by Gasteiger charge is -2.36. The lowest BCUT2D eigenvalue weighted by atomic mass is 10.2. The fourth-order valence-electron chi connectivity index (χ4n) is 2.69. The smallest absolute Gasteiger partial charge is 0.264 e. The minimum Gasteiger partial charge on any atom is -0.368 e. The van der Waals surface area contributed by atoms with Crippen molar-refractivity contribution < 1.29 is 9.59 Å². The fraction of sp³-hybridized carbons (Fsp3) is 0.294. The molecule has 0 atom stereocenters. The summed E-state index contributed by atoms with van der Waals surface area (Å²) < 4.78 is 0. The van der Waals surface area contributed by atoms with Crippen molar-refractivity contribution in [3.8, 4) is 0 Å². The Morgan fingerprint density at radius 2 is 1.88 bits per heavy atom. The van der Waals surface area contributed by atoms with Crippen LogP contribution >= 0.6 is 22.9 Å². The standard InChI is InChI=1S/C17H18ClN3O2S/c1-12(22)19-16-6-5-15(24-16)17(23)21-9-7-20(8-10-21)14-4-2-3-13(18)11-14/h2-6,11H,7-10H2,1H3,(H,19,22). The highest BCUT2D eigenvalue weighted by atomic mass is 35.5. The van der Waals surface area contributed by atoms with E-state index in [-0.39, 0.29) is 11.8 Å². The van der Waals surface area contributed by atoms with E-state index < -0.39 is 0 Å². The minimum absolute atomic E-state index is 0.0161. The number of carbonyl (C=O) groups excluding carboxylic acids is 2. The van der Waals surface area contributed by atoms with Crippen LogP contribution in [0.3, 0.4) is 0 Å². The molecule has 0 saturated carbocycles. The van der Waals surface area contributed by atoms with Crippen LogP contribution < -0.4 is 10.2 Å². The van der Waals surface area contributed by atoms with Crippen molar-refractivity contribution in [2.24, 2.45) is 0 Å². The Labute approximate surface area is 149 Å². The summed E-state index contributed by atoms with van der Waals surface area (Å²) in [6, 6.07) is 11.3. The maximum atomic E-state index is 12.6. The van der Waals surface area contributed by atoms with Crippen LogP contribution in [0.25, 0.3) is 0 Å². The topological polar surface area (TPSA) is 52.7 Å². The second-order valence-electron chi connectivity index (χ2n) is 5.60. The predicted octanol–water partition coefficient (Wildman–Crippen LogP) is 3.32. The highest BCUT2D eigenvalue weighted by Gasteiger charge is 2.23. The number of hydrogen-bond donors (Lipinski definition) is 1. The number of piperazine rings is 1. The predicted molar refractivity (Wildman–Crippen MR) is 98.2 cm³/mol. The molecule has 0 radical (unpaired) electrons. The summed E-state index contributed by atoms with van der Waals surface area (Å²) >= 11 is 7.35. The molecular formula is C17H18ClN3O2S. The van der Waals surface area contributed by atoms with Crippen LogP contribution in [0.4, 0.5) is 10.7 Å².